The summed E-state index contributed by atoms with van der Waals surface area (Å²) < 4.78 is 0. The number of carbonyl (C=O) groups excluding carboxylic acids is 1. The zero-order chi connectivity index (χ0) is 9.56. The fourth-order valence-corrected chi connectivity index (χ4v) is 0.779. The molecule has 0 aliphatic heterocycles. The molecule has 4 N–H and O–H groups in total. The van der Waals surface area contributed by atoms with Crippen LogP contribution in [0.25, 0.3) is 0 Å². The summed E-state index contributed by atoms with van der Waals surface area (Å²) in [5, 5.41) is 9.80. The molecule has 0 rings (SSSR count). The largest absolute Gasteiger partial charge is 0.355 e. The van der Waals surface area contributed by atoms with Gasteiger partial charge in [0.25, 0.3) is 0 Å². The van der Waals surface area contributed by atoms with Crippen LogP contribution in [0, 0.1) is 5.41 Å². The second-order valence-corrected chi connectivity index (χ2v) is 3.02. The maximum atomic E-state index is 10.5. The summed E-state index contributed by atoms with van der Waals surface area (Å²) in [4.78, 5) is 10.5. The Hall–Kier alpha value is -0.900. The summed E-state index contributed by atoms with van der Waals surface area (Å²) >= 11 is 0. The molecule has 0 saturated heterocycles. The fraction of sp³-hybridized carbons (Fsp3) is 0.750. The second-order valence-electron chi connectivity index (χ2n) is 3.02. The van der Waals surface area contributed by atoms with Gasteiger partial charge in [-0.2, -0.15) is 0 Å². The first-order valence-corrected chi connectivity index (χ1v) is 4.06. The van der Waals surface area contributed by atoms with E-state index in [-0.39, 0.29) is 11.9 Å². The third kappa shape index (κ3) is 7.21. The lowest BCUT2D eigenvalue weighted by Gasteiger charge is -2.10. The van der Waals surface area contributed by atoms with E-state index in [1.165, 1.54) is 6.92 Å². The molecule has 0 aromatic rings. The zero-order valence-electron chi connectivity index (χ0n) is 7.68. The zero-order valence-corrected chi connectivity index (χ0v) is 7.68. The third-order valence-electron chi connectivity index (χ3n) is 1.50. The van der Waals surface area contributed by atoms with Gasteiger partial charge < -0.3 is 16.5 Å². The van der Waals surface area contributed by atoms with E-state index in [4.69, 9.17) is 11.1 Å². The molecule has 70 valence electrons. The average Bonchev–Trinajstić information content (AvgIpc) is 1.96. The predicted molar refractivity (Wildman–Crippen MR) is 49.3 cm³/mol. The molecule has 4 heteroatoms. The van der Waals surface area contributed by atoms with E-state index in [9.17, 15) is 4.79 Å². The number of amides is 1. The Morgan fingerprint density at radius 3 is 2.58 bits per heavy atom. The van der Waals surface area contributed by atoms with Gasteiger partial charge in [0.2, 0.25) is 5.91 Å². The highest BCUT2D eigenvalue weighted by atomic mass is 16.1. The highest BCUT2D eigenvalue weighted by molar-refractivity contribution is 5.78. The van der Waals surface area contributed by atoms with Gasteiger partial charge in [0, 0.05) is 25.2 Å². The van der Waals surface area contributed by atoms with Crippen molar-refractivity contribution in [3.63, 3.8) is 0 Å². The molecule has 0 radical (unpaired) electrons. The molecule has 0 aliphatic carbocycles. The van der Waals surface area contributed by atoms with Gasteiger partial charge in [0.15, 0.2) is 0 Å². The van der Waals surface area contributed by atoms with Crippen molar-refractivity contribution in [3.8, 4) is 0 Å². The molecule has 0 heterocycles. The monoisotopic (exact) mass is 171 g/mol. The Morgan fingerprint density at radius 2 is 2.17 bits per heavy atom. The van der Waals surface area contributed by atoms with Crippen LogP contribution in [0.2, 0.25) is 0 Å². The maximum Gasteiger partial charge on any atom is 0.216 e. The van der Waals surface area contributed by atoms with Crippen molar-refractivity contribution in [1.82, 2.24) is 5.32 Å². The summed E-state index contributed by atoms with van der Waals surface area (Å²) in [5.41, 5.74) is 6.29. The van der Waals surface area contributed by atoms with Crippen molar-refractivity contribution >= 4 is 11.6 Å². The van der Waals surface area contributed by atoms with Gasteiger partial charge in [0.05, 0.1) is 0 Å². The molecule has 0 saturated carbocycles. The first-order valence-electron chi connectivity index (χ1n) is 4.06. The standard InChI is InChI=1S/C8H17N3O/c1-6(9)3-4-8(10)5-11-7(2)12/h8-9H,3-5,10H2,1-2H3,(H,11,12). The van der Waals surface area contributed by atoms with Crippen LogP contribution in [0.1, 0.15) is 26.7 Å². The van der Waals surface area contributed by atoms with Crippen molar-refractivity contribution in [1.29, 1.82) is 5.41 Å². The lowest BCUT2D eigenvalue weighted by Crippen LogP contribution is -2.36. The SMILES string of the molecule is CC(=N)CCC(N)CNC(C)=O. The average molecular weight is 171 g/mol. The van der Waals surface area contributed by atoms with E-state index in [1.807, 2.05) is 0 Å². The molecule has 0 aromatic heterocycles. The minimum Gasteiger partial charge on any atom is -0.355 e. The van der Waals surface area contributed by atoms with Crippen LogP contribution in [0.3, 0.4) is 0 Å². The van der Waals surface area contributed by atoms with E-state index in [2.05, 4.69) is 5.32 Å². The highest BCUT2D eigenvalue weighted by Crippen LogP contribution is 1.94. The van der Waals surface area contributed by atoms with Crippen molar-refractivity contribution in [2.24, 2.45) is 5.73 Å². The van der Waals surface area contributed by atoms with E-state index in [0.29, 0.717) is 18.7 Å². The van der Waals surface area contributed by atoms with E-state index < -0.39 is 0 Å². The minimum absolute atomic E-state index is 0.0331. The van der Waals surface area contributed by atoms with Crippen LogP contribution in [0.5, 0.6) is 0 Å². The molecule has 0 fully saturated rings. The summed E-state index contributed by atoms with van der Waals surface area (Å²) in [7, 11) is 0. The van der Waals surface area contributed by atoms with Gasteiger partial charge in [-0.05, 0) is 19.8 Å². The molecular weight excluding hydrogens is 154 g/mol. The van der Waals surface area contributed by atoms with Crippen molar-refractivity contribution < 1.29 is 4.79 Å². The van der Waals surface area contributed by atoms with Gasteiger partial charge in [-0.1, -0.05) is 0 Å². The van der Waals surface area contributed by atoms with Crippen LogP contribution in [-0.4, -0.2) is 24.2 Å². The molecule has 0 aromatic carbocycles. The Kier molecular flexibility index (Phi) is 5.28. The van der Waals surface area contributed by atoms with Crippen LogP contribution >= 0.6 is 0 Å². The van der Waals surface area contributed by atoms with Gasteiger partial charge in [0.1, 0.15) is 0 Å². The molecule has 0 bridgehead atoms. The third-order valence-corrected chi connectivity index (χ3v) is 1.50. The van der Waals surface area contributed by atoms with Gasteiger partial charge >= 0.3 is 0 Å². The van der Waals surface area contributed by atoms with Crippen LogP contribution in [0.15, 0.2) is 0 Å². The smallest absolute Gasteiger partial charge is 0.216 e. The van der Waals surface area contributed by atoms with E-state index in [1.54, 1.807) is 6.92 Å². The van der Waals surface area contributed by atoms with Crippen LogP contribution < -0.4 is 11.1 Å². The number of nitrogens with one attached hydrogen (secondary N) is 2. The molecule has 1 amide bonds. The summed E-state index contributed by atoms with van der Waals surface area (Å²) in [6.45, 7) is 3.72. The molecule has 1 unspecified atom stereocenters. The molecular formula is C8H17N3O. The van der Waals surface area contributed by atoms with Crippen LogP contribution in [0.4, 0.5) is 0 Å². The number of hydrogen-bond acceptors (Lipinski definition) is 3. The maximum absolute atomic E-state index is 10.5. The summed E-state index contributed by atoms with van der Waals surface area (Å²) in [5.74, 6) is -0.0583. The molecule has 4 nitrogen and oxygen atoms in total. The van der Waals surface area contributed by atoms with E-state index in [0.717, 1.165) is 6.42 Å². The van der Waals surface area contributed by atoms with Crippen molar-refractivity contribution in [2.75, 3.05) is 6.54 Å². The quantitative estimate of drug-likeness (QED) is 0.519. The van der Waals surface area contributed by atoms with Gasteiger partial charge in [-0.25, -0.2) is 0 Å². The Bertz CT molecular complexity index is 150. The number of nitrogens with two attached hydrogens (primary N) is 1. The highest BCUT2D eigenvalue weighted by Gasteiger charge is 2.02. The van der Waals surface area contributed by atoms with E-state index >= 15 is 0 Å². The fourth-order valence-electron chi connectivity index (χ4n) is 0.779. The lowest BCUT2D eigenvalue weighted by molar-refractivity contribution is -0.119. The number of carbonyl (C=O) groups is 1. The van der Waals surface area contributed by atoms with Gasteiger partial charge in [-0.15, -0.1) is 0 Å². The Labute approximate surface area is 73.0 Å². The van der Waals surface area contributed by atoms with Crippen molar-refractivity contribution in [2.45, 2.75) is 32.7 Å². The minimum atomic E-state index is -0.0583. The molecule has 0 aliphatic rings. The first kappa shape index (κ1) is 11.1. The topological polar surface area (TPSA) is 79.0 Å². The number of hydrogen-bond donors (Lipinski definition) is 3. The molecule has 1 atom stereocenters. The predicted octanol–water partition coefficient (Wildman–Crippen LogP) is 0.270. The second kappa shape index (κ2) is 5.71. The Balaban J connectivity index is 3.39. The lowest BCUT2D eigenvalue weighted by atomic mass is 10.1. The molecule has 12 heavy (non-hydrogen) atoms. The van der Waals surface area contributed by atoms with Gasteiger partial charge in [-0.3, -0.25) is 4.79 Å². The number of rotatable bonds is 5. The Morgan fingerprint density at radius 1 is 1.58 bits per heavy atom. The van der Waals surface area contributed by atoms with Crippen LogP contribution in [-0.2, 0) is 4.79 Å². The molecule has 0 spiro atoms. The van der Waals surface area contributed by atoms with Crippen molar-refractivity contribution in [3.05, 3.63) is 0 Å². The normalized spacial score (nSPS) is 12.2. The summed E-state index contributed by atoms with van der Waals surface area (Å²) in [6, 6.07) is -0.0331. The summed E-state index contributed by atoms with van der Waals surface area (Å²) in [6.07, 6.45) is 1.47. The first-order chi connectivity index (χ1) is 5.52.